The van der Waals surface area contributed by atoms with Gasteiger partial charge in [0.15, 0.2) is 6.10 Å². The van der Waals surface area contributed by atoms with E-state index in [1.807, 2.05) is 0 Å². The molecule has 0 aromatic heterocycles. The number of nitrogens with zero attached hydrogens (tertiary/aromatic N) is 2. The van der Waals surface area contributed by atoms with Crippen molar-refractivity contribution in [1.29, 1.82) is 5.26 Å². The topological polar surface area (TPSA) is 96.4 Å². The smallest absolute Gasteiger partial charge is 0.405 e. The molecule has 1 saturated heterocycles. The Morgan fingerprint density at radius 1 is 1.65 bits per heavy atom. The maximum atomic E-state index is 13.0. The predicted octanol–water partition coefficient (Wildman–Crippen LogP) is 0.230. The van der Waals surface area contributed by atoms with Crippen LogP contribution in [0.3, 0.4) is 0 Å². The average Bonchev–Trinajstić information content (AvgIpc) is 2.51. The van der Waals surface area contributed by atoms with E-state index in [9.17, 15) is 18.4 Å². The number of carbonyl (C=O) groups is 2. The van der Waals surface area contributed by atoms with Crippen molar-refractivity contribution in [2.75, 3.05) is 6.54 Å². The van der Waals surface area contributed by atoms with Crippen LogP contribution in [0.5, 0.6) is 0 Å². The fourth-order valence-electron chi connectivity index (χ4n) is 1.62. The van der Waals surface area contributed by atoms with Crippen LogP contribution in [-0.4, -0.2) is 41.5 Å². The SMILES string of the molecule is C[C@@H](OC(N)=O)C(=O)N1CC(F)(F)C[C@H]1C#N. The van der Waals surface area contributed by atoms with Crippen LogP contribution < -0.4 is 5.73 Å². The van der Waals surface area contributed by atoms with Crippen LogP contribution in [0.1, 0.15) is 13.3 Å². The van der Waals surface area contributed by atoms with Gasteiger partial charge in [0.2, 0.25) is 0 Å². The Morgan fingerprint density at radius 2 is 2.24 bits per heavy atom. The molecule has 2 atom stereocenters. The molecule has 1 rings (SSSR count). The zero-order valence-corrected chi connectivity index (χ0v) is 9.02. The third-order valence-electron chi connectivity index (χ3n) is 2.34. The molecule has 1 aliphatic heterocycles. The number of primary amides is 1. The summed E-state index contributed by atoms with van der Waals surface area (Å²) in [4.78, 5) is 22.8. The number of ether oxygens (including phenoxy) is 1. The Bertz CT molecular complexity index is 380. The lowest BCUT2D eigenvalue weighted by molar-refractivity contribution is -0.140. The predicted molar refractivity (Wildman–Crippen MR) is 50.8 cm³/mol. The highest BCUT2D eigenvalue weighted by molar-refractivity contribution is 5.83. The highest BCUT2D eigenvalue weighted by Crippen LogP contribution is 2.32. The van der Waals surface area contributed by atoms with Gasteiger partial charge in [0, 0.05) is 6.42 Å². The van der Waals surface area contributed by atoms with Crippen molar-refractivity contribution in [3.63, 3.8) is 0 Å². The molecule has 94 valence electrons. The molecule has 0 aromatic carbocycles. The summed E-state index contributed by atoms with van der Waals surface area (Å²) in [6, 6.07) is 0.400. The molecular weight excluding hydrogens is 236 g/mol. The van der Waals surface area contributed by atoms with Crippen molar-refractivity contribution in [3.05, 3.63) is 0 Å². The Balaban J connectivity index is 2.75. The largest absolute Gasteiger partial charge is 0.437 e. The van der Waals surface area contributed by atoms with Gasteiger partial charge >= 0.3 is 6.09 Å². The van der Waals surface area contributed by atoms with E-state index >= 15 is 0 Å². The van der Waals surface area contributed by atoms with E-state index in [0.29, 0.717) is 4.90 Å². The Hall–Kier alpha value is -1.91. The van der Waals surface area contributed by atoms with Crippen molar-refractivity contribution in [1.82, 2.24) is 4.90 Å². The average molecular weight is 247 g/mol. The van der Waals surface area contributed by atoms with E-state index in [1.165, 1.54) is 6.92 Å². The second kappa shape index (κ2) is 4.53. The van der Waals surface area contributed by atoms with E-state index < -0.39 is 43.0 Å². The number of rotatable bonds is 2. The van der Waals surface area contributed by atoms with Gasteiger partial charge in [-0.3, -0.25) is 4.79 Å². The molecule has 17 heavy (non-hydrogen) atoms. The molecule has 0 aromatic rings. The first-order valence-corrected chi connectivity index (χ1v) is 4.81. The van der Waals surface area contributed by atoms with E-state index in [2.05, 4.69) is 4.74 Å². The minimum atomic E-state index is -3.09. The van der Waals surface area contributed by atoms with E-state index in [-0.39, 0.29) is 0 Å². The van der Waals surface area contributed by atoms with Crippen LogP contribution in [-0.2, 0) is 9.53 Å². The number of hydrogen-bond acceptors (Lipinski definition) is 4. The third kappa shape index (κ3) is 3.03. The summed E-state index contributed by atoms with van der Waals surface area (Å²) < 4.78 is 30.5. The van der Waals surface area contributed by atoms with Gasteiger partial charge in [-0.1, -0.05) is 0 Å². The highest BCUT2D eigenvalue weighted by Gasteiger charge is 2.48. The Kier molecular flexibility index (Phi) is 3.50. The molecule has 2 N–H and O–H groups in total. The van der Waals surface area contributed by atoms with Crippen LogP contribution in [0, 0.1) is 11.3 Å². The van der Waals surface area contributed by atoms with Gasteiger partial charge in [-0.05, 0) is 6.92 Å². The highest BCUT2D eigenvalue weighted by atomic mass is 19.3. The fraction of sp³-hybridized carbons (Fsp3) is 0.667. The van der Waals surface area contributed by atoms with Gasteiger partial charge in [-0.2, -0.15) is 5.26 Å². The van der Waals surface area contributed by atoms with E-state index in [0.717, 1.165) is 0 Å². The zero-order valence-electron chi connectivity index (χ0n) is 9.02. The number of nitriles is 1. The summed E-state index contributed by atoms with van der Waals surface area (Å²) in [5, 5.41) is 8.67. The van der Waals surface area contributed by atoms with Crippen LogP contribution >= 0.6 is 0 Å². The molecule has 6 nitrogen and oxygen atoms in total. The molecule has 0 spiro atoms. The molecule has 1 aliphatic rings. The summed E-state index contributed by atoms with van der Waals surface area (Å²) >= 11 is 0. The molecule has 8 heteroatoms. The van der Waals surface area contributed by atoms with Crippen molar-refractivity contribution in [3.8, 4) is 6.07 Å². The molecule has 1 fully saturated rings. The molecule has 0 radical (unpaired) electrons. The molecule has 1 heterocycles. The van der Waals surface area contributed by atoms with Crippen LogP contribution in [0.15, 0.2) is 0 Å². The number of hydrogen-bond donors (Lipinski definition) is 1. The van der Waals surface area contributed by atoms with Gasteiger partial charge in [-0.15, -0.1) is 0 Å². The fourth-order valence-corrected chi connectivity index (χ4v) is 1.62. The van der Waals surface area contributed by atoms with Crippen molar-refractivity contribution in [2.45, 2.75) is 31.4 Å². The monoisotopic (exact) mass is 247 g/mol. The quantitative estimate of drug-likeness (QED) is 0.755. The number of likely N-dealkylation sites (tertiary alicyclic amines) is 1. The molecule has 0 saturated carbocycles. The molecular formula is C9H11F2N3O3. The first kappa shape index (κ1) is 13.2. The van der Waals surface area contributed by atoms with E-state index in [1.54, 1.807) is 6.07 Å². The summed E-state index contributed by atoms with van der Waals surface area (Å²) in [7, 11) is 0. The second-order valence-corrected chi connectivity index (χ2v) is 3.75. The first-order chi connectivity index (χ1) is 7.76. The maximum absolute atomic E-state index is 13.0. The van der Waals surface area contributed by atoms with Crippen LogP contribution in [0.4, 0.5) is 13.6 Å². The number of carbonyl (C=O) groups excluding carboxylic acids is 2. The summed E-state index contributed by atoms with van der Waals surface area (Å²) in [5.41, 5.74) is 4.71. The molecule has 2 amide bonds. The van der Waals surface area contributed by atoms with Crippen molar-refractivity contribution in [2.24, 2.45) is 5.73 Å². The van der Waals surface area contributed by atoms with E-state index in [4.69, 9.17) is 11.0 Å². The number of halogens is 2. The van der Waals surface area contributed by atoms with Crippen LogP contribution in [0.25, 0.3) is 0 Å². The van der Waals surface area contributed by atoms with Gasteiger partial charge in [-0.25, -0.2) is 13.6 Å². The standard InChI is InChI=1S/C9H11F2N3O3/c1-5(17-8(13)16)7(15)14-4-9(10,11)2-6(14)3-12/h5-6H,2,4H2,1H3,(H2,13,16)/t5-,6+/m1/s1. The normalized spacial score (nSPS) is 23.9. The minimum Gasteiger partial charge on any atom is -0.437 e. The number of amides is 2. The molecule has 0 bridgehead atoms. The van der Waals surface area contributed by atoms with Crippen molar-refractivity contribution >= 4 is 12.0 Å². The first-order valence-electron chi connectivity index (χ1n) is 4.81. The lowest BCUT2D eigenvalue weighted by Crippen LogP contribution is -2.43. The molecule has 0 aliphatic carbocycles. The van der Waals surface area contributed by atoms with Crippen LogP contribution in [0.2, 0.25) is 0 Å². The lowest BCUT2D eigenvalue weighted by atomic mass is 10.2. The maximum Gasteiger partial charge on any atom is 0.405 e. The Morgan fingerprint density at radius 3 is 2.71 bits per heavy atom. The van der Waals surface area contributed by atoms with Gasteiger partial charge in [0.1, 0.15) is 6.04 Å². The second-order valence-electron chi connectivity index (χ2n) is 3.75. The summed E-state index contributed by atoms with van der Waals surface area (Å²) in [6.07, 6.45) is -3.17. The van der Waals surface area contributed by atoms with Gasteiger partial charge in [0.25, 0.3) is 11.8 Å². The summed E-state index contributed by atoms with van der Waals surface area (Å²) in [5.74, 6) is -3.95. The number of alkyl halides is 2. The van der Waals surface area contributed by atoms with Crippen molar-refractivity contribution < 1.29 is 23.1 Å². The summed E-state index contributed by atoms with van der Waals surface area (Å²) in [6.45, 7) is 0.356. The Labute approximate surface area is 95.9 Å². The molecule has 0 unspecified atom stereocenters. The van der Waals surface area contributed by atoms with Gasteiger partial charge in [0.05, 0.1) is 12.6 Å². The zero-order chi connectivity index (χ0) is 13.2. The minimum absolute atomic E-state index is 0.702. The number of nitrogens with two attached hydrogens (primary N) is 1. The lowest BCUT2D eigenvalue weighted by Gasteiger charge is -2.22. The third-order valence-corrected chi connectivity index (χ3v) is 2.34. The van der Waals surface area contributed by atoms with Gasteiger partial charge < -0.3 is 15.4 Å².